The predicted octanol–water partition coefficient (Wildman–Crippen LogP) is 1.70. The molecule has 0 amide bonds. The van der Waals surface area contributed by atoms with Crippen LogP contribution in [0.25, 0.3) is 0 Å². The molecule has 0 unspecified atom stereocenters. The summed E-state index contributed by atoms with van der Waals surface area (Å²) >= 11 is 0. The van der Waals surface area contributed by atoms with Crippen molar-refractivity contribution in [3.8, 4) is 0 Å². The van der Waals surface area contributed by atoms with Gasteiger partial charge >= 0.3 is 11.9 Å². The molecule has 0 atom stereocenters. The zero-order chi connectivity index (χ0) is 12.0. The Morgan fingerprint density at radius 3 is 1.87 bits per heavy atom. The highest BCUT2D eigenvalue weighted by atomic mass is 16.5. The van der Waals surface area contributed by atoms with Gasteiger partial charge in [0.15, 0.2) is 0 Å². The topological polar surface area (TPSA) is 52.6 Å². The van der Waals surface area contributed by atoms with E-state index in [-0.39, 0.29) is 5.92 Å². The summed E-state index contributed by atoms with van der Waals surface area (Å²) in [5.74, 6) is -0.679. The maximum atomic E-state index is 11.4. The number of hydrogen-bond donors (Lipinski definition) is 0. The second kappa shape index (κ2) is 6.22. The predicted molar refractivity (Wildman–Crippen MR) is 56.2 cm³/mol. The van der Waals surface area contributed by atoms with Crippen LogP contribution in [0.3, 0.4) is 0 Å². The third-order valence-electron chi connectivity index (χ3n) is 1.99. The van der Waals surface area contributed by atoms with Gasteiger partial charge in [0.25, 0.3) is 0 Å². The van der Waals surface area contributed by atoms with Gasteiger partial charge in [-0.15, -0.1) is 0 Å². The van der Waals surface area contributed by atoms with Crippen LogP contribution in [-0.4, -0.2) is 26.2 Å². The van der Waals surface area contributed by atoms with E-state index in [2.05, 4.69) is 9.47 Å². The van der Waals surface area contributed by atoms with Crippen molar-refractivity contribution in [1.82, 2.24) is 0 Å². The van der Waals surface area contributed by atoms with E-state index < -0.39 is 11.9 Å². The van der Waals surface area contributed by atoms with E-state index in [1.54, 1.807) is 6.92 Å². The highest BCUT2D eigenvalue weighted by molar-refractivity contribution is 5.99. The monoisotopic (exact) mass is 214 g/mol. The van der Waals surface area contributed by atoms with Crippen molar-refractivity contribution in [3.63, 3.8) is 0 Å². The molecule has 0 bridgehead atoms. The van der Waals surface area contributed by atoms with Crippen LogP contribution in [0, 0.1) is 5.92 Å². The Kier molecular flexibility index (Phi) is 5.67. The lowest BCUT2D eigenvalue weighted by atomic mass is 9.99. The Bertz CT molecular complexity index is 276. The summed E-state index contributed by atoms with van der Waals surface area (Å²) in [6, 6.07) is 0. The van der Waals surface area contributed by atoms with Crippen molar-refractivity contribution < 1.29 is 19.1 Å². The molecule has 0 aliphatic carbocycles. The summed E-state index contributed by atoms with van der Waals surface area (Å²) in [4.78, 5) is 22.7. The summed E-state index contributed by atoms with van der Waals surface area (Å²) in [6.07, 6.45) is 0.508. The Morgan fingerprint density at radius 2 is 1.53 bits per heavy atom. The van der Waals surface area contributed by atoms with Gasteiger partial charge in [-0.1, -0.05) is 13.8 Å². The molecular weight excluding hydrogens is 196 g/mol. The molecule has 0 aliphatic heterocycles. The van der Waals surface area contributed by atoms with Crippen molar-refractivity contribution >= 4 is 11.9 Å². The SMILES string of the molecule is COC(=O)C(C)=C(CC(C)C)C(=O)OC. The van der Waals surface area contributed by atoms with Crippen LogP contribution in [0.2, 0.25) is 0 Å². The number of hydrogen-bond acceptors (Lipinski definition) is 4. The molecule has 0 N–H and O–H groups in total. The Balaban J connectivity index is 5.06. The standard InChI is InChI=1S/C11H18O4/c1-7(2)6-9(11(13)15-5)8(3)10(12)14-4/h7H,6H2,1-5H3. The van der Waals surface area contributed by atoms with E-state index >= 15 is 0 Å². The molecule has 86 valence electrons. The van der Waals surface area contributed by atoms with Gasteiger partial charge in [0.2, 0.25) is 0 Å². The molecule has 15 heavy (non-hydrogen) atoms. The van der Waals surface area contributed by atoms with Crippen LogP contribution < -0.4 is 0 Å². The molecule has 0 fully saturated rings. The third kappa shape index (κ3) is 4.14. The number of ether oxygens (including phenoxy) is 2. The molecular formula is C11H18O4. The largest absolute Gasteiger partial charge is 0.466 e. The fraction of sp³-hybridized carbons (Fsp3) is 0.636. The minimum Gasteiger partial charge on any atom is -0.466 e. The summed E-state index contributed by atoms with van der Waals surface area (Å²) in [5, 5.41) is 0. The maximum absolute atomic E-state index is 11.4. The first-order valence-electron chi connectivity index (χ1n) is 4.80. The summed E-state index contributed by atoms with van der Waals surface area (Å²) < 4.78 is 9.19. The molecule has 0 rings (SSSR count). The van der Waals surface area contributed by atoms with Crippen molar-refractivity contribution in [1.29, 1.82) is 0 Å². The van der Waals surface area contributed by atoms with E-state index in [1.807, 2.05) is 13.8 Å². The molecule has 4 nitrogen and oxygen atoms in total. The molecule has 0 aromatic rings. The van der Waals surface area contributed by atoms with Crippen molar-refractivity contribution in [2.24, 2.45) is 5.92 Å². The van der Waals surface area contributed by atoms with E-state index in [9.17, 15) is 9.59 Å². The minimum atomic E-state index is -0.490. The van der Waals surface area contributed by atoms with Crippen molar-refractivity contribution in [3.05, 3.63) is 11.1 Å². The van der Waals surface area contributed by atoms with Crippen molar-refractivity contribution in [2.45, 2.75) is 27.2 Å². The Hall–Kier alpha value is -1.32. The number of carbonyl (C=O) groups is 2. The van der Waals surface area contributed by atoms with Crippen LogP contribution in [0.1, 0.15) is 27.2 Å². The number of rotatable bonds is 4. The van der Waals surface area contributed by atoms with Crippen LogP contribution in [0.5, 0.6) is 0 Å². The number of esters is 2. The second-order valence-corrected chi connectivity index (χ2v) is 3.68. The lowest BCUT2D eigenvalue weighted by Crippen LogP contribution is -2.14. The normalized spacial score (nSPS) is 12.1. The van der Waals surface area contributed by atoms with Gasteiger partial charge < -0.3 is 9.47 Å². The van der Waals surface area contributed by atoms with Crippen LogP contribution in [-0.2, 0) is 19.1 Å². The first kappa shape index (κ1) is 13.7. The molecule has 0 radical (unpaired) electrons. The smallest absolute Gasteiger partial charge is 0.334 e. The van der Waals surface area contributed by atoms with Gasteiger partial charge in [-0.2, -0.15) is 0 Å². The first-order valence-corrected chi connectivity index (χ1v) is 4.80. The van der Waals surface area contributed by atoms with Crippen LogP contribution in [0.15, 0.2) is 11.1 Å². The fourth-order valence-corrected chi connectivity index (χ4v) is 1.20. The Labute approximate surface area is 90.2 Å². The van der Waals surface area contributed by atoms with E-state index in [0.29, 0.717) is 17.6 Å². The van der Waals surface area contributed by atoms with Gasteiger partial charge in [-0.25, -0.2) is 9.59 Å². The molecule has 0 aromatic carbocycles. The highest BCUT2D eigenvalue weighted by Gasteiger charge is 2.19. The summed E-state index contributed by atoms with van der Waals surface area (Å²) in [6.45, 7) is 5.50. The summed E-state index contributed by atoms with van der Waals surface area (Å²) in [5.41, 5.74) is 0.706. The molecule has 0 spiro atoms. The van der Waals surface area contributed by atoms with Gasteiger partial charge in [0.1, 0.15) is 0 Å². The van der Waals surface area contributed by atoms with E-state index in [4.69, 9.17) is 0 Å². The lowest BCUT2D eigenvalue weighted by Gasteiger charge is -2.11. The molecule has 0 aliphatic rings. The van der Waals surface area contributed by atoms with Gasteiger partial charge in [0, 0.05) is 11.1 Å². The number of carbonyl (C=O) groups excluding carboxylic acids is 2. The van der Waals surface area contributed by atoms with Crippen LogP contribution >= 0.6 is 0 Å². The molecule has 0 saturated carbocycles. The second-order valence-electron chi connectivity index (χ2n) is 3.68. The minimum absolute atomic E-state index is 0.277. The maximum Gasteiger partial charge on any atom is 0.334 e. The fourth-order valence-electron chi connectivity index (χ4n) is 1.20. The quantitative estimate of drug-likeness (QED) is 0.528. The highest BCUT2D eigenvalue weighted by Crippen LogP contribution is 2.17. The average Bonchev–Trinajstić information content (AvgIpc) is 2.22. The first-order chi connectivity index (χ1) is 6.93. The Morgan fingerprint density at radius 1 is 1.07 bits per heavy atom. The number of methoxy groups -OCH3 is 2. The third-order valence-corrected chi connectivity index (χ3v) is 1.99. The molecule has 0 aromatic heterocycles. The van der Waals surface area contributed by atoms with Gasteiger partial charge in [-0.05, 0) is 19.3 Å². The molecule has 4 heteroatoms. The zero-order valence-electron chi connectivity index (χ0n) is 9.92. The summed E-state index contributed by atoms with van der Waals surface area (Å²) in [7, 11) is 2.59. The van der Waals surface area contributed by atoms with Crippen LogP contribution in [0.4, 0.5) is 0 Å². The lowest BCUT2D eigenvalue weighted by molar-refractivity contribution is -0.139. The van der Waals surface area contributed by atoms with Gasteiger partial charge in [0.05, 0.1) is 14.2 Å². The zero-order valence-corrected chi connectivity index (χ0v) is 9.92. The molecule has 0 heterocycles. The van der Waals surface area contributed by atoms with E-state index in [0.717, 1.165) is 0 Å². The van der Waals surface area contributed by atoms with Gasteiger partial charge in [-0.3, -0.25) is 0 Å². The average molecular weight is 214 g/mol. The molecule has 0 saturated heterocycles. The van der Waals surface area contributed by atoms with E-state index in [1.165, 1.54) is 14.2 Å². The van der Waals surface area contributed by atoms with Crippen molar-refractivity contribution in [2.75, 3.05) is 14.2 Å².